The van der Waals surface area contributed by atoms with Gasteiger partial charge in [-0.2, -0.15) is 0 Å². The van der Waals surface area contributed by atoms with Crippen LogP contribution in [0.15, 0.2) is 97.2 Å². The van der Waals surface area contributed by atoms with Crippen molar-refractivity contribution in [2.75, 3.05) is 47.5 Å². The molecule has 0 amide bonds. The van der Waals surface area contributed by atoms with Gasteiger partial charge in [-0.05, 0) is 96.3 Å². The van der Waals surface area contributed by atoms with E-state index in [4.69, 9.17) is 18.5 Å². The van der Waals surface area contributed by atoms with Gasteiger partial charge in [0.25, 0.3) is 7.82 Å². The van der Waals surface area contributed by atoms with Crippen molar-refractivity contribution < 1.29 is 42.1 Å². The minimum Gasteiger partial charge on any atom is -0.756 e. The third kappa shape index (κ3) is 60.2. The number of phosphoric acid groups is 1. The Labute approximate surface area is 468 Å². The second-order valence-corrected chi connectivity index (χ2v) is 23.1. The zero-order valence-corrected chi connectivity index (χ0v) is 50.6. The quantitative estimate of drug-likeness (QED) is 0.0195. The lowest BCUT2D eigenvalue weighted by Crippen LogP contribution is -2.37. The third-order valence-corrected chi connectivity index (χ3v) is 14.1. The number of rotatable bonds is 56. The Balaban J connectivity index is 4.17. The van der Waals surface area contributed by atoms with Crippen molar-refractivity contribution in [1.29, 1.82) is 0 Å². The average molecular weight is 1080 g/mol. The minimum atomic E-state index is -4.65. The van der Waals surface area contributed by atoms with Crippen molar-refractivity contribution in [2.45, 2.75) is 264 Å². The van der Waals surface area contributed by atoms with Crippen molar-refractivity contribution in [3.8, 4) is 0 Å². The molecule has 0 radical (unpaired) electrons. The van der Waals surface area contributed by atoms with Gasteiger partial charge >= 0.3 is 11.9 Å². The number of allylic oxidation sites excluding steroid dienone is 16. The van der Waals surface area contributed by atoms with Crippen LogP contribution in [0.2, 0.25) is 0 Å². The monoisotopic (exact) mass is 1080 g/mol. The maximum Gasteiger partial charge on any atom is 0.306 e. The van der Waals surface area contributed by atoms with Crippen LogP contribution < -0.4 is 4.89 Å². The molecule has 0 saturated heterocycles. The zero-order chi connectivity index (χ0) is 55.6. The van der Waals surface area contributed by atoms with Crippen LogP contribution in [0.25, 0.3) is 0 Å². The van der Waals surface area contributed by atoms with Crippen molar-refractivity contribution in [3.05, 3.63) is 97.2 Å². The number of hydrogen-bond acceptors (Lipinski definition) is 8. The predicted octanol–water partition coefficient (Wildman–Crippen LogP) is 19.0. The van der Waals surface area contributed by atoms with Crippen LogP contribution in [0, 0.1) is 0 Å². The van der Waals surface area contributed by atoms with E-state index < -0.39 is 26.5 Å². The maximum absolute atomic E-state index is 12.8. The lowest BCUT2D eigenvalue weighted by atomic mass is 10.1. The smallest absolute Gasteiger partial charge is 0.306 e. The molecule has 0 aliphatic carbocycles. The van der Waals surface area contributed by atoms with E-state index in [1.807, 2.05) is 21.1 Å². The van der Waals surface area contributed by atoms with Gasteiger partial charge in [0.05, 0.1) is 27.7 Å². The van der Waals surface area contributed by atoms with Gasteiger partial charge in [-0.3, -0.25) is 14.2 Å². The highest BCUT2D eigenvalue weighted by Crippen LogP contribution is 2.38. The molecule has 0 saturated carbocycles. The molecule has 0 aliphatic rings. The summed E-state index contributed by atoms with van der Waals surface area (Å²) in [6.07, 6.45) is 77.4. The highest BCUT2D eigenvalue weighted by atomic mass is 31.2. The van der Waals surface area contributed by atoms with Crippen molar-refractivity contribution in [3.63, 3.8) is 0 Å². The number of unbranched alkanes of at least 4 members (excludes halogenated alkanes) is 26. The fourth-order valence-electron chi connectivity index (χ4n) is 8.34. The Kier molecular flexibility index (Phi) is 54.4. The molecule has 438 valence electrons. The molecule has 0 aromatic rings. The Morgan fingerprint density at radius 2 is 0.750 bits per heavy atom. The molecule has 0 heterocycles. The van der Waals surface area contributed by atoms with E-state index in [9.17, 15) is 19.0 Å². The fraction of sp³-hybridized carbons (Fsp3) is 0.727. The Morgan fingerprint density at radius 1 is 0.421 bits per heavy atom. The molecule has 0 spiro atoms. The molecule has 0 rings (SSSR count). The lowest BCUT2D eigenvalue weighted by molar-refractivity contribution is -0.870. The van der Waals surface area contributed by atoms with Gasteiger partial charge in [-0.25, -0.2) is 0 Å². The zero-order valence-electron chi connectivity index (χ0n) is 49.7. The summed E-state index contributed by atoms with van der Waals surface area (Å²) in [7, 11) is 1.15. The Hall–Kier alpha value is -3.07. The molecular weight excluding hydrogens is 966 g/mol. The molecule has 0 aliphatic heterocycles. The molecule has 0 aromatic carbocycles. The topological polar surface area (TPSA) is 111 Å². The summed E-state index contributed by atoms with van der Waals surface area (Å²) in [6.45, 7) is 4.13. The molecule has 0 N–H and O–H groups in total. The van der Waals surface area contributed by atoms with Gasteiger partial charge < -0.3 is 27.9 Å². The Morgan fingerprint density at radius 3 is 1.13 bits per heavy atom. The number of hydrogen-bond donors (Lipinski definition) is 0. The second kappa shape index (κ2) is 56.6. The third-order valence-electron chi connectivity index (χ3n) is 13.1. The summed E-state index contributed by atoms with van der Waals surface area (Å²) < 4.78 is 34.2. The number of quaternary nitrogens is 1. The SMILES string of the molecule is CC/C=C\C/C=C\C/C=C\C/C=C\C/C=C\C/C=C\C/C=C\CCCCCCCCCCCC(=O)OC(COC(=O)CCCCCCCCCCC/C=C\CCCCCCCCCC)COP(=O)([O-])OCC[N+](C)(C)C. The summed E-state index contributed by atoms with van der Waals surface area (Å²) in [6, 6.07) is 0. The number of carbonyl (C=O) groups excluding carboxylic acids is 2. The molecule has 0 fully saturated rings. The molecule has 9 nitrogen and oxygen atoms in total. The van der Waals surface area contributed by atoms with Gasteiger partial charge in [0, 0.05) is 12.8 Å². The number of ether oxygens (including phenoxy) is 2. The first kappa shape index (κ1) is 72.9. The number of esters is 2. The van der Waals surface area contributed by atoms with Crippen LogP contribution in [0.4, 0.5) is 0 Å². The van der Waals surface area contributed by atoms with Crippen molar-refractivity contribution in [1.82, 2.24) is 0 Å². The van der Waals surface area contributed by atoms with Crippen LogP contribution in [0.1, 0.15) is 258 Å². The van der Waals surface area contributed by atoms with E-state index in [-0.39, 0.29) is 32.0 Å². The highest BCUT2D eigenvalue weighted by molar-refractivity contribution is 7.45. The van der Waals surface area contributed by atoms with E-state index in [1.165, 1.54) is 135 Å². The molecule has 2 unspecified atom stereocenters. The van der Waals surface area contributed by atoms with E-state index >= 15 is 0 Å². The van der Waals surface area contributed by atoms with E-state index in [0.717, 1.165) is 89.9 Å². The maximum atomic E-state index is 12.8. The van der Waals surface area contributed by atoms with Crippen molar-refractivity contribution >= 4 is 19.8 Å². The van der Waals surface area contributed by atoms with Gasteiger partial charge in [0.2, 0.25) is 0 Å². The highest BCUT2D eigenvalue weighted by Gasteiger charge is 2.22. The fourth-order valence-corrected chi connectivity index (χ4v) is 9.07. The van der Waals surface area contributed by atoms with Gasteiger partial charge in [0.1, 0.15) is 19.8 Å². The van der Waals surface area contributed by atoms with Crippen LogP contribution >= 0.6 is 7.82 Å². The molecule has 10 heteroatoms. The summed E-state index contributed by atoms with van der Waals surface area (Å²) in [5.41, 5.74) is 0. The van der Waals surface area contributed by atoms with Gasteiger partial charge in [-0.15, -0.1) is 0 Å². The number of phosphoric ester groups is 1. The molecule has 2 atom stereocenters. The van der Waals surface area contributed by atoms with E-state index in [1.54, 1.807) is 0 Å². The first-order valence-electron chi connectivity index (χ1n) is 30.9. The molecule has 76 heavy (non-hydrogen) atoms. The average Bonchev–Trinajstić information content (AvgIpc) is 3.38. The molecule has 0 bridgehead atoms. The summed E-state index contributed by atoms with van der Waals surface area (Å²) >= 11 is 0. The largest absolute Gasteiger partial charge is 0.756 e. The predicted molar refractivity (Wildman–Crippen MR) is 323 cm³/mol. The van der Waals surface area contributed by atoms with Crippen molar-refractivity contribution in [2.24, 2.45) is 0 Å². The number of likely N-dealkylation sites (N-methyl/N-ethyl adjacent to an activating group) is 1. The summed E-state index contributed by atoms with van der Waals surface area (Å²) in [4.78, 5) is 37.9. The number of carbonyl (C=O) groups is 2. The number of nitrogens with zero attached hydrogens (tertiary/aromatic N) is 1. The van der Waals surface area contributed by atoms with Gasteiger partial charge in [0.15, 0.2) is 6.10 Å². The summed E-state index contributed by atoms with van der Waals surface area (Å²) in [5.74, 6) is -0.842. The summed E-state index contributed by atoms with van der Waals surface area (Å²) in [5, 5.41) is 0. The first-order chi connectivity index (χ1) is 37.0. The van der Waals surface area contributed by atoms with Crippen LogP contribution in [0.5, 0.6) is 0 Å². The minimum absolute atomic E-state index is 0.0362. The second-order valence-electron chi connectivity index (χ2n) is 21.7. The van der Waals surface area contributed by atoms with Gasteiger partial charge in [-0.1, -0.05) is 246 Å². The lowest BCUT2D eigenvalue weighted by Gasteiger charge is -2.28. The standard InChI is InChI=1S/C66H116NO8P/c1-6-8-10-12-14-16-18-20-22-24-26-28-29-30-31-32-33-34-35-36-37-39-41-43-45-47-49-51-53-55-57-59-66(69)75-64(63-74-76(70,71)73-61-60-67(3,4)5)62-72-65(68)58-56-54-52-50-48-46-44-42-40-38-27-25-23-21-19-17-15-13-11-9-7-2/h8,10,14,16,20,22,25-28,30-31,33-34,36-37,64H,6-7,9,11-13,15,17-19,21,23-24,29,32,35,38-63H2,1-5H3/b10-8-,16-14-,22-20-,27-25-,28-26-,31-30-,34-33-,37-36-. The molecular formula is C66H116NO8P. The van der Waals surface area contributed by atoms with Crippen LogP contribution in [0.3, 0.4) is 0 Å². The van der Waals surface area contributed by atoms with Crippen LogP contribution in [-0.4, -0.2) is 70.0 Å². The van der Waals surface area contributed by atoms with E-state index in [0.29, 0.717) is 17.4 Å². The Bertz CT molecular complexity index is 1600. The van der Waals surface area contributed by atoms with Crippen LogP contribution in [-0.2, 0) is 32.7 Å². The normalized spacial score (nSPS) is 13.9. The van der Waals surface area contributed by atoms with E-state index in [2.05, 4.69) is 111 Å². The first-order valence-corrected chi connectivity index (χ1v) is 32.4. The molecule has 0 aromatic heterocycles.